The summed E-state index contributed by atoms with van der Waals surface area (Å²) < 4.78 is 6.92. The molecule has 0 aliphatic carbocycles. The predicted molar refractivity (Wildman–Crippen MR) is 82.5 cm³/mol. The Kier molecular flexibility index (Phi) is 4.81. The fourth-order valence-electron chi connectivity index (χ4n) is 2.06. The van der Waals surface area contributed by atoms with E-state index < -0.39 is 0 Å². The number of para-hydroxylation sites is 2. The molecule has 0 fully saturated rings. The Bertz CT molecular complexity index is 609. The van der Waals surface area contributed by atoms with E-state index in [0.717, 1.165) is 5.69 Å². The summed E-state index contributed by atoms with van der Waals surface area (Å²) in [7, 11) is 3.43. The Hall–Kier alpha value is -2.50. The summed E-state index contributed by atoms with van der Waals surface area (Å²) in [4.78, 5) is 12.1. The van der Waals surface area contributed by atoms with Gasteiger partial charge < -0.3 is 15.4 Å². The third kappa shape index (κ3) is 4.24. The van der Waals surface area contributed by atoms with Crippen LogP contribution < -0.4 is 15.4 Å². The van der Waals surface area contributed by atoms with E-state index in [2.05, 4.69) is 15.7 Å². The maximum atomic E-state index is 12.1. The fraction of sp³-hybridized carbons (Fsp3) is 0.333. The minimum Gasteiger partial charge on any atom is -0.495 e. The summed E-state index contributed by atoms with van der Waals surface area (Å²) in [5.41, 5.74) is 1.58. The molecule has 6 heteroatoms. The molecule has 1 aromatic carbocycles. The summed E-state index contributed by atoms with van der Waals surface area (Å²) in [5, 5.41) is 10.2. The Morgan fingerprint density at radius 1 is 1.43 bits per heavy atom. The number of aryl methyl sites for hydroxylation is 1. The lowest BCUT2D eigenvalue weighted by Crippen LogP contribution is -2.23. The van der Waals surface area contributed by atoms with Crippen LogP contribution in [0.1, 0.15) is 13.3 Å². The first-order valence-corrected chi connectivity index (χ1v) is 6.76. The smallest absolute Gasteiger partial charge is 0.226 e. The minimum absolute atomic E-state index is 0.00362. The molecule has 2 aromatic rings. The Morgan fingerprint density at radius 3 is 2.86 bits per heavy atom. The average molecular weight is 288 g/mol. The number of anilines is 2. The molecule has 0 saturated carbocycles. The largest absolute Gasteiger partial charge is 0.495 e. The highest BCUT2D eigenvalue weighted by molar-refractivity contribution is 5.92. The second kappa shape index (κ2) is 6.78. The van der Waals surface area contributed by atoms with Crippen molar-refractivity contribution in [3.63, 3.8) is 0 Å². The highest BCUT2D eigenvalue weighted by Gasteiger charge is 2.11. The van der Waals surface area contributed by atoms with Gasteiger partial charge in [0.05, 0.1) is 24.7 Å². The molecular formula is C15H20N4O2. The molecule has 0 aliphatic heterocycles. The molecule has 1 atom stereocenters. The number of hydrogen-bond acceptors (Lipinski definition) is 4. The topological polar surface area (TPSA) is 68.2 Å². The van der Waals surface area contributed by atoms with Crippen LogP contribution in [0.25, 0.3) is 0 Å². The van der Waals surface area contributed by atoms with E-state index in [1.54, 1.807) is 18.0 Å². The quantitative estimate of drug-likeness (QED) is 0.855. The molecule has 0 radical (unpaired) electrons. The third-order valence-corrected chi connectivity index (χ3v) is 2.99. The van der Waals surface area contributed by atoms with E-state index in [0.29, 0.717) is 17.9 Å². The Labute approximate surface area is 124 Å². The predicted octanol–water partition coefficient (Wildman–Crippen LogP) is 2.26. The van der Waals surface area contributed by atoms with Crippen molar-refractivity contribution in [1.82, 2.24) is 9.78 Å². The van der Waals surface area contributed by atoms with Crippen LogP contribution in [0.15, 0.2) is 36.7 Å². The van der Waals surface area contributed by atoms with Crippen molar-refractivity contribution in [2.24, 2.45) is 7.05 Å². The molecule has 6 nitrogen and oxygen atoms in total. The lowest BCUT2D eigenvalue weighted by Gasteiger charge is -2.14. The van der Waals surface area contributed by atoms with Crippen LogP contribution in [-0.2, 0) is 11.8 Å². The number of carbonyl (C=O) groups excluding carboxylic acids is 1. The van der Waals surface area contributed by atoms with E-state index >= 15 is 0 Å². The number of carbonyl (C=O) groups is 1. The molecule has 0 bridgehead atoms. The van der Waals surface area contributed by atoms with Crippen molar-refractivity contribution < 1.29 is 9.53 Å². The number of amides is 1. The summed E-state index contributed by atoms with van der Waals surface area (Å²) >= 11 is 0. The second-order valence-corrected chi connectivity index (χ2v) is 4.90. The molecular weight excluding hydrogens is 268 g/mol. The van der Waals surface area contributed by atoms with Crippen molar-refractivity contribution in [3.05, 3.63) is 36.7 Å². The van der Waals surface area contributed by atoms with Crippen LogP contribution in [0.4, 0.5) is 11.4 Å². The van der Waals surface area contributed by atoms with Crippen molar-refractivity contribution >= 4 is 17.3 Å². The summed E-state index contributed by atoms with van der Waals surface area (Å²) in [6.07, 6.45) is 3.95. The normalized spacial score (nSPS) is 11.8. The van der Waals surface area contributed by atoms with Gasteiger partial charge in [0.15, 0.2) is 0 Å². The molecule has 112 valence electrons. The summed E-state index contributed by atoms with van der Waals surface area (Å²) in [6.45, 7) is 1.95. The molecule has 0 unspecified atom stereocenters. The van der Waals surface area contributed by atoms with Gasteiger partial charge in [0.2, 0.25) is 5.91 Å². The fourth-order valence-corrected chi connectivity index (χ4v) is 2.06. The SMILES string of the molecule is COc1ccccc1NC(=O)C[C@@H](C)Nc1cnn(C)c1. The van der Waals surface area contributed by atoms with Crippen molar-refractivity contribution in [3.8, 4) is 5.75 Å². The van der Waals surface area contributed by atoms with Crippen molar-refractivity contribution in [1.29, 1.82) is 0 Å². The van der Waals surface area contributed by atoms with Gasteiger partial charge in [0, 0.05) is 25.7 Å². The second-order valence-electron chi connectivity index (χ2n) is 4.90. The lowest BCUT2D eigenvalue weighted by molar-refractivity contribution is -0.116. The van der Waals surface area contributed by atoms with Crippen LogP contribution in [-0.4, -0.2) is 28.8 Å². The van der Waals surface area contributed by atoms with Gasteiger partial charge in [-0.25, -0.2) is 0 Å². The molecule has 0 spiro atoms. The molecule has 2 rings (SSSR count). The van der Waals surface area contributed by atoms with Crippen molar-refractivity contribution in [2.75, 3.05) is 17.7 Å². The number of benzene rings is 1. The number of aromatic nitrogens is 2. The molecule has 21 heavy (non-hydrogen) atoms. The number of methoxy groups -OCH3 is 1. The van der Waals surface area contributed by atoms with Crippen LogP contribution in [0.3, 0.4) is 0 Å². The highest BCUT2D eigenvalue weighted by atomic mass is 16.5. The first kappa shape index (κ1) is 14.9. The number of hydrogen-bond donors (Lipinski definition) is 2. The van der Waals surface area contributed by atoms with Crippen LogP contribution in [0.5, 0.6) is 5.75 Å². The van der Waals surface area contributed by atoms with E-state index in [1.807, 2.05) is 44.4 Å². The zero-order valence-electron chi connectivity index (χ0n) is 12.5. The van der Waals surface area contributed by atoms with Gasteiger partial charge in [-0.3, -0.25) is 9.48 Å². The van der Waals surface area contributed by atoms with Gasteiger partial charge >= 0.3 is 0 Å². The first-order chi connectivity index (χ1) is 10.1. The van der Waals surface area contributed by atoms with Crippen LogP contribution >= 0.6 is 0 Å². The Morgan fingerprint density at radius 2 is 2.19 bits per heavy atom. The van der Waals surface area contributed by atoms with E-state index in [4.69, 9.17) is 4.74 Å². The monoisotopic (exact) mass is 288 g/mol. The zero-order valence-corrected chi connectivity index (χ0v) is 12.5. The average Bonchev–Trinajstić information content (AvgIpc) is 2.84. The maximum absolute atomic E-state index is 12.1. The number of rotatable bonds is 6. The first-order valence-electron chi connectivity index (χ1n) is 6.76. The van der Waals surface area contributed by atoms with Crippen LogP contribution in [0, 0.1) is 0 Å². The standard InChI is InChI=1S/C15H20N4O2/c1-11(17-12-9-16-19(2)10-12)8-15(20)18-13-6-4-5-7-14(13)21-3/h4-7,9-11,17H,8H2,1-3H3,(H,18,20)/t11-/m1/s1. The molecule has 1 amide bonds. The van der Waals surface area contributed by atoms with Gasteiger partial charge in [-0.1, -0.05) is 12.1 Å². The van der Waals surface area contributed by atoms with Gasteiger partial charge in [0.25, 0.3) is 0 Å². The highest BCUT2D eigenvalue weighted by Crippen LogP contribution is 2.23. The molecule has 2 N–H and O–H groups in total. The van der Waals surface area contributed by atoms with E-state index in [9.17, 15) is 4.79 Å². The van der Waals surface area contributed by atoms with E-state index in [-0.39, 0.29) is 11.9 Å². The minimum atomic E-state index is -0.0663. The van der Waals surface area contributed by atoms with Gasteiger partial charge in [-0.15, -0.1) is 0 Å². The molecule has 0 saturated heterocycles. The van der Waals surface area contributed by atoms with Gasteiger partial charge in [-0.05, 0) is 19.1 Å². The lowest BCUT2D eigenvalue weighted by atomic mass is 10.2. The summed E-state index contributed by atoms with van der Waals surface area (Å²) in [6, 6.07) is 7.35. The number of nitrogens with zero attached hydrogens (tertiary/aromatic N) is 2. The molecule has 1 heterocycles. The Balaban J connectivity index is 1.89. The van der Waals surface area contributed by atoms with Crippen LogP contribution in [0.2, 0.25) is 0 Å². The number of ether oxygens (including phenoxy) is 1. The maximum Gasteiger partial charge on any atom is 0.226 e. The van der Waals surface area contributed by atoms with Gasteiger partial charge in [-0.2, -0.15) is 5.10 Å². The summed E-state index contributed by atoms with van der Waals surface area (Å²) in [5.74, 6) is 0.585. The number of nitrogens with one attached hydrogen (secondary N) is 2. The molecule has 1 aromatic heterocycles. The van der Waals surface area contributed by atoms with E-state index in [1.165, 1.54) is 0 Å². The zero-order chi connectivity index (χ0) is 15.2. The molecule has 0 aliphatic rings. The third-order valence-electron chi connectivity index (χ3n) is 2.99. The van der Waals surface area contributed by atoms with Gasteiger partial charge in [0.1, 0.15) is 5.75 Å². The van der Waals surface area contributed by atoms with Crippen molar-refractivity contribution in [2.45, 2.75) is 19.4 Å².